The van der Waals surface area contributed by atoms with Crippen LogP contribution in [0.3, 0.4) is 0 Å². The third-order valence-electron chi connectivity index (χ3n) is 3.03. The van der Waals surface area contributed by atoms with Gasteiger partial charge < -0.3 is 5.32 Å². The lowest BCUT2D eigenvalue weighted by atomic mass is 10.1. The lowest BCUT2D eigenvalue weighted by Gasteiger charge is -2.06. The molecule has 1 aromatic heterocycles. The van der Waals surface area contributed by atoms with Crippen molar-refractivity contribution in [1.29, 1.82) is 0 Å². The summed E-state index contributed by atoms with van der Waals surface area (Å²) in [6, 6.07) is 19.3. The van der Waals surface area contributed by atoms with Crippen LogP contribution in [0, 0.1) is 0 Å². The number of benzene rings is 2. The molecule has 0 saturated carbocycles. The Hall–Kier alpha value is -1.80. The Labute approximate surface area is 111 Å². The van der Waals surface area contributed by atoms with Crippen LogP contribution in [-0.2, 0) is 6.42 Å². The van der Waals surface area contributed by atoms with Crippen molar-refractivity contribution < 1.29 is 0 Å². The van der Waals surface area contributed by atoms with Gasteiger partial charge >= 0.3 is 0 Å². The van der Waals surface area contributed by atoms with E-state index in [4.69, 9.17) is 0 Å². The van der Waals surface area contributed by atoms with Crippen LogP contribution in [0.25, 0.3) is 10.8 Å². The topological polar surface area (TPSA) is 12.0 Å². The molecule has 2 aromatic carbocycles. The molecule has 0 radical (unpaired) electrons. The predicted molar refractivity (Wildman–Crippen MR) is 80.5 cm³/mol. The molecule has 0 aliphatic carbocycles. The van der Waals surface area contributed by atoms with Crippen molar-refractivity contribution in [3.63, 3.8) is 0 Å². The van der Waals surface area contributed by atoms with Gasteiger partial charge in [-0.3, -0.25) is 0 Å². The fourth-order valence-corrected chi connectivity index (χ4v) is 2.79. The Kier molecular flexibility index (Phi) is 3.29. The second-order valence-corrected chi connectivity index (χ2v) is 5.35. The molecule has 0 aliphatic heterocycles. The van der Waals surface area contributed by atoms with Crippen molar-refractivity contribution >= 4 is 27.8 Å². The highest BCUT2D eigenvalue weighted by atomic mass is 32.1. The summed E-state index contributed by atoms with van der Waals surface area (Å²) in [6.07, 6.45) is 1.09. The van der Waals surface area contributed by atoms with Crippen molar-refractivity contribution in [2.24, 2.45) is 0 Å². The molecule has 0 saturated heterocycles. The quantitative estimate of drug-likeness (QED) is 0.719. The Bertz CT molecular complexity index is 628. The molecule has 0 bridgehead atoms. The van der Waals surface area contributed by atoms with Crippen molar-refractivity contribution in [3.05, 3.63) is 64.9 Å². The van der Waals surface area contributed by atoms with E-state index in [0.29, 0.717) is 0 Å². The van der Waals surface area contributed by atoms with E-state index in [1.807, 2.05) is 11.3 Å². The average molecular weight is 253 g/mol. The van der Waals surface area contributed by atoms with Crippen LogP contribution in [0.4, 0.5) is 5.69 Å². The minimum absolute atomic E-state index is 0.985. The van der Waals surface area contributed by atoms with E-state index in [9.17, 15) is 0 Å². The first kappa shape index (κ1) is 11.3. The first-order chi connectivity index (χ1) is 8.92. The molecule has 2 heteroatoms. The van der Waals surface area contributed by atoms with Gasteiger partial charge in [-0.2, -0.15) is 0 Å². The number of anilines is 1. The van der Waals surface area contributed by atoms with Crippen LogP contribution in [0.2, 0.25) is 0 Å². The molecule has 0 fully saturated rings. The lowest BCUT2D eigenvalue weighted by Crippen LogP contribution is -2.03. The molecule has 3 aromatic rings. The number of hydrogen-bond donors (Lipinski definition) is 1. The van der Waals surface area contributed by atoms with E-state index in [1.54, 1.807) is 0 Å². The van der Waals surface area contributed by atoms with Gasteiger partial charge in [0.25, 0.3) is 0 Å². The van der Waals surface area contributed by atoms with Crippen molar-refractivity contribution in [3.8, 4) is 0 Å². The third-order valence-corrected chi connectivity index (χ3v) is 3.97. The number of nitrogens with one attached hydrogen (secondary N) is 1. The average Bonchev–Trinajstić information content (AvgIpc) is 2.92. The number of hydrogen-bond acceptors (Lipinski definition) is 2. The molecule has 1 nitrogen and oxygen atoms in total. The number of rotatable bonds is 4. The molecule has 0 atom stereocenters. The third kappa shape index (κ3) is 2.54. The van der Waals surface area contributed by atoms with Gasteiger partial charge in [0, 0.05) is 17.1 Å². The van der Waals surface area contributed by atoms with E-state index < -0.39 is 0 Å². The molecule has 0 spiro atoms. The van der Waals surface area contributed by atoms with Gasteiger partial charge in [0.15, 0.2) is 0 Å². The second-order valence-electron chi connectivity index (χ2n) is 4.32. The summed E-state index contributed by atoms with van der Waals surface area (Å²) in [5.74, 6) is 0. The van der Waals surface area contributed by atoms with Crippen molar-refractivity contribution in [2.45, 2.75) is 6.42 Å². The summed E-state index contributed by atoms with van der Waals surface area (Å²) in [4.78, 5) is 1.43. The van der Waals surface area contributed by atoms with Crippen LogP contribution in [0.15, 0.2) is 60.0 Å². The Morgan fingerprint density at radius 2 is 1.78 bits per heavy atom. The molecule has 18 heavy (non-hydrogen) atoms. The van der Waals surface area contributed by atoms with Crippen LogP contribution >= 0.6 is 11.3 Å². The van der Waals surface area contributed by atoms with E-state index in [0.717, 1.165) is 13.0 Å². The maximum atomic E-state index is 3.48. The predicted octanol–water partition coefficient (Wildman–Crippen LogP) is 4.56. The Balaban J connectivity index is 1.67. The van der Waals surface area contributed by atoms with Crippen molar-refractivity contribution in [1.82, 2.24) is 0 Å². The van der Waals surface area contributed by atoms with Crippen molar-refractivity contribution in [2.75, 3.05) is 11.9 Å². The van der Waals surface area contributed by atoms with Gasteiger partial charge in [-0.05, 0) is 40.8 Å². The van der Waals surface area contributed by atoms with Crippen LogP contribution < -0.4 is 5.32 Å². The summed E-state index contributed by atoms with van der Waals surface area (Å²) in [7, 11) is 0. The summed E-state index contributed by atoms with van der Waals surface area (Å²) in [5, 5.41) is 8.20. The number of fused-ring (bicyclic) bond motifs is 1. The first-order valence-corrected chi connectivity index (χ1v) is 7.05. The second kappa shape index (κ2) is 5.23. The van der Waals surface area contributed by atoms with E-state index in [1.165, 1.54) is 21.3 Å². The van der Waals surface area contributed by atoms with E-state index in [2.05, 4.69) is 65.3 Å². The molecule has 0 unspecified atom stereocenters. The normalized spacial score (nSPS) is 10.7. The fourth-order valence-electron chi connectivity index (χ4n) is 2.08. The van der Waals surface area contributed by atoms with Gasteiger partial charge in [0.05, 0.1) is 0 Å². The van der Waals surface area contributed by atoms with Gasteiger partial charge in [-0.25, -0.2) is 0 Å². The summed E-state index contributed by atoms with van der Waals surface area (Å²) in [5.41, 5.74) is 1.20. The minimum atomic E-state index is 0.985. The Morgan fingerprint density at radius 1 is 0.889 bits per heavy atom. The highest BCUT2D eigenvalue weighted by Gasteiger charge is 1.97. The van der Waals surface area contributed by atoms with Gasteiger partial charge in [0.1, 0.15) is 0 Å². The molecule has 1 N–H and O–H groups in total. The highest BCUT2D eigenvalue weighted by Crippen LogP contribution is 2.19. The summed E-state index contributed by atoms with van der Waals surface area (Å²) in [6.45, 7) is 0.985. The van der Waals surface area contributed by atoms with Gasteiger partial charge in [0.2, 0.25) is 0 Å². The molecule has 1 heterocycles. The van der Waals surface area contributed by atoms with E-state index >= 15 is 0 Å². The zero-order chi connectivity index (χ0) is 12.2. The molecular weight excluding hydrogens is 238 g/mol. The highest BCUT2D eigenvalue weighted by molar-refractivity contribution is 7.09. The first-order valence-electron chi connectivity index (χ1n) is 6.17. The maximum absolute atomic E-state index is 3.48. The molecule has 90 valence electrons. The van der Waals surface area contributed by atoms with Crippen LogP contribution in [0.1, 0.15) is 4.88 Å². The smallest absolute Gasteiger partial charge is 0.0346 e. The van der Waals surface area contributed by atoms with Gasteiger partial charge in [-0.1, -0.05) is 36.4 Å². The SMILES string of the molecule is c1csc(CCNc2ccc3ccccc3c2)c1. The van der Waals surface area contributed by atoms with Gasteiger partial charge in [-0.15, -0.1) is 11.3 Å². The maximum Gasteiger partial charge on any atom is 0.0346 e. The zero-order valence-corrected chi connectivity index (χ0v) is 10.9. The molecule has 0 amide bonds. The fraction of sp³-hybridized carbons (Fsp3) is 0.125. The molecular formula is C16H15NS. The monoisotopic (exact) mass is 253 g/mol. The largest absolute Gasteiger partial charge is 0.385 e. The summed E-state index contributed by atoms with van der Waals surface area (Å²) < 4.78 is 0. The minimum Gasteiger partial charge on any atom is -0.385 e. The molecule has 3 rings (SSSR count). The zero-order valence-electron chi connectivity index (χ0n) is 10.1. The van der Waals surface area contributed by atoms with Crippen LogP contribution in [0.5, 0.6) is 0 Å². The van der Waals surface area contributed by atoms with E-state index in [-0.39, 0.29) is 0 Å². The lowest BCUT2D eigenvalue weighted by molar-refractivity contribution is 1.05. The molecule has 0 aliphatic rings. The number of thiophene rings is 1. The summed E-state index contributed by atoms with van der Waals surface area (Å²) >= 11 is 1.82. The van der Waals surface area contributed by atoms with Crippen LogP contribution in [-0.4, -0.2) is 6.54 Å². The standard InChI is InChI=1S/C16H15NS/c1-2-5-14-12-15(8-7-13(14)4-1)17-10-9-16-6-3-11-18-16/h1-8,11-12,17H,9-10H2. The Morgan fingerprint density at radius 3 is 2.61 bits per heavy atom.